The van der Waals surface area contributed by atoms with Crippen LogP contribution in [-0.2, 0) is 6.61 Å². The Bertz CT molecular complexity index is 945. The van der Waals surface area contributed by atoms with Crippen molar-refractivity contribution in [1.82, 2.24) is 10.3 Å². The molecule has 0 aliphatic rings. The van der Waals surface area contributed by atoms with E-state index in [1.165, 1.54) is 18.2 Å². The second kappa shape index (κ2) is 7.83. The van der Waals surface area contributed by atoms with E-state index < -0.39 is 5.82 Å². The van der Waals surface area contributed by atoms with Crippen molar-refractivity contribution >= 4 is 23.1 Å². The van der Waals surface area contributed by atoms with Gasteiger partial charge < -0.3 is 15.2 Å². The Hall–Kier alpha value is -3.13. The first-order valence-corrected chi connectivity index (χ1v) is 7.83. The van der Waals surface area contributed by atoms with Gasteiger partial charge in [0.2, 0.25) is 0 Å². The number of hydrogen-bond acceptors (Lipinski definition) is 6. The van der Waals surface area contributed by atoms with Gasteiger partial charge in [0.1, 0.15) is 12.4 Å². The van der Waals surface area contributed by atoms with Gasteiger partial charge in [0.15, 0.2) is 28.7 Å². The van der Waals surface area contributed by atoms with E-state index in [0.717, 1.165) is 0 Å². The fourth-order valence-corrected chi connectivity index (χ4v) is 2.30. The van der Waals surface area contributed by atoms with E-state index in [4.69, 9.17) is 31.4 Å². The predicted octanol–water partition coefficient (Wildman–Crippen LogP) is 3.49. The van der Waals surface area contributed by atoms with Crippen LogP contribution in [0.4, 0.5) is 10.1 Å². The highest BCUT2D eigenvalue weighted by molar-refractivity contribution is 6.31. The first-order chi connectivity index (χ1) is 12.6. The Morgan fingerprint density at radius 1 is 1.23 bits per heavy atom. The molecule has 0 aliphatic heterocycles. The number of ether oxygens (including phenoxy) is 2. The lowest BCUT2D eigenvalue weighted by molar-refractivity contribution is 0.260. The van der Waals surface area contributed by atoms with Crippen molar-refractivity contribution in [2.24, 2.45) is 10.7 Å². The number of hydrogen-bond donors (Lipinski definition) is 1. The van der Waals surface area contributed by atoms with Crippen LogP contribution in [0.15, 0.2) is 52.1 Å². The lowest BCUT2D eigenvalue weighted by Gasteiger charge is -2.09. The minimum Gasteiger partial charge on any atom is -0.493 e. The van der Waals surface area contributed by atoms with Crippen molar-refractivity contribution in [2.45, 2.75) is 6.61 Å². The Morgan fingerprint density at radius 2 is 2.00 bits per heavy atom. The predicted molar refractivity (Wildman–Crippen MR) is 93.4 cm³/mol. The third kappa shape index (κ3) is 3.92. The van der Waals surface area contributed by atoms with Crippen LogP contribution < -0.4 is 15.2 Å². The van der Waals surface area contributed by atoms with Crippen LogP contribution >= 0.6 is 11.6 Å². The van der Waals surface area contributed by atoms with Gasteiger partial charge in [0.05, 0.1) is 17.8 Å². The summed E-state index contributed by atoms with van der Waals surface area (Å²) < 4.78 is 28.9. The summed E-state index contributed by atoms with van der Waals surface area (Å²) in [4.78, 5) is 4.15. The molecule has 7 nitrogen and oxygen atoms in total. The number of rotatable bonds is 6. The molecule has 0 atom stereocenters. The summed E-state index contributed by atoms with van der Waals surface area (Å²) in [7, 11) is 1.55. The van der Waals surface area contributed by atoms with E-state index in [2.05, 4.69) is 15.3 Å². The first-order valence-electron chi connectivity index (χ1n) is 7.45. The Morgan fingerprint density at radius 3 is 2.73 bits per heavy atom. The van der Waals surface area contributed by atoms with E-state index in [1.807, 2.05) is 12.1 Å². The van der Waals surface area contributed by atoms with Crippen LogP contribution in [-0.4, -0.2) is 23.3 Å². The maximum Gasteiger partial charge on any atom is 0.176 e. The minimum absolute atomic E-state index is 0.0348. The molecule has 0 fully saturated rings. The largest absolute Gasteiger partial charge is 0.493 e. The molecule has 0 saturated carbocycles. The average Bonchev–Trinajstić information content (AvgIpc) is 3.12. The number of halogens is 2. The molecule has 0 saturated heterocycles. The number of aromatic nitrogens is 2. The molecule has 0 aliphatic carbocycles. The van der Waals surface area contributed by atoms with Crippen molar-refractivity contribution < 1.29 is 18.5 Å². The zero-order valence-corrected chi connectivity index (χ0v) is 14.4. The van der Waals surface area contributed by atoms with Crippen LogP contribution in [0.1, 0.15) is 11.4 Å². The number of methoxy groups -OCH3 is 1. The van der Waals surface area contributed by atoms with E-state index in [0.29, 0.717) is 22.9 Å². The molecule has 0 spiro atoms. The Balaban J connectivity index is 1.79. The van der Waals surface area contributed by atoms with Crippen LogP contribution in [0.25, 0.3) is 0 Å². The summed E-state index contributed by atoms with van der Waals surface area (Å²) in [6.45, 7) is 0.0413. The average molecular weight is 377 g/mol. The van der Waals surface area contributed by atoms with Crippen LogP contribution in [0.5, 0.6) is 11.5 Å². The van der Waals surface area contributed by atoms with E-state index in [-0.39, 0.29) is 23.2 Å². The van der Waals surface area contributed by atoms with Gasteiger partial charge in [-0.3, -0.25) is 0 Å². The second-order valence-electron chi connectivity index (χ2n) is 5.09. The molecule has 3 rings (SSSR count). The van der Waals surface area contributed by atoms with Crippen molar-refractivity contribution in [3.63, 3.8) is 0 Å². The molecule has 2 N–H and O–H groups in total. The molecule has 26 heavy (non-hydrogen) atoms. The smallest absolute Gasteiger partial charge is 0.176 e. The zero-order chi connectivity index (χ0) is 18.5. The van der Waals surface area contributed by atoms with Gasteiger partial charge in [-0.05, 0) is 35.5 Å². The summed E-state index contributed by atoms with van der Waals surface area (Å²) in [6, 6.07) is 11.1. The quantitative estimate of drug-likeness (QED) is 0.522. The summed E-state index contributed by atoms with van der Waals surface area (Å²) >= 11 is 5.74. The normalized spacial score (nSPS) is 11.4. The summed E-state index contributed by atoms with van der Waals surface area (Å²) in [5, 5.41) is 7.47. The van der Waals surface area contributed by atoms with Crippen LogP contribution in [0.3, 0.4) is 0 Å². The van der Waals surface area contributed by atoms with Crippen molar-refractivity contribution in [3.05, 3.63) is 64.7 Å². The molecule has 1 heterocycles. The third-order valence-corrected chi connectivity index (χ3v) is 3.67. The molecule has 3 aromatic rings. The molecular formula is C17H14ClFN4O3. The fourth-order valence-electron chi connectivity index (χ4n) is 2.13. The highest BCUT2D eigenvalue weighted by atomic mass is 35.5. The number of aliphatic imine (C=N–C) groups is 1. The van der Waals surface area contributed by atoms with E-state index in [9.17, 15) is 4.39 Å². The lowest BCUT2D eigenvalue weighted by atomic mass is 10.3. The number of nitrogens with zero attached hydrogens (tertiary/aromatic N) is 3. The van der Waals surface area contributed by atoms with Crippen LogP contribution in [0.2, 0.25) is 5.02 Å². The van der Waals surface area contributed by atoms with Gasteiger partial charge in [-0.1, -0.05) is 28.9 Å². The summed E-state index contributed by atoms with van der Waals surface area (Å²) in [6.07, 6.45) is 0. The van der Waals surface area contributed by atoms with Crippen molar-refractivity contribution in [1.29, 1.82) is 0 Å². The molecule has 0 radical (unpaired) electrons. The van der Waals surface area contributed by atoms with Gasteiger partial charge in [-0.15, -0.1) is 0 Å². The van der Waals surface area contributed by atoms with Gasteiger partial charge in [-0.2, -0.15) is 0 Å². The highest BCUT2D eigenvalue weighted by Crippen LogP contribution is 2.27. The molecule has 1 aromatic heterocycles. The number of para-hydroxylation sites is 2. The standard InChI is InChI=1S/C17H14ClFN4O3/c1-24-14-4-2-3-5-15(14)25-9-13-16(23-26-22-13)17(20)21-10-6-7-12(19)11(18)8-10/h2-8H,9H2,1H3,(H2,20,21). The highest BCUT2D eigenvalue weighted by Gasteiger charge is 2.16. The van der Waals surface area contributed by atoms with Gasteiger partial charge >= 0.3 is 0 Å². The maximum atomic E-state index is 13.2. The molecule has 134 valence electrons. The Kier molecular flexibility index (Phi) is 5.33. The van der Waals surface area contributed by atoms with Gasteiger partial charge in [0, 0.05) is 0 Å². The Labute approximate surface area is 153 Å². The van der Waals surface area contributed by atoms with Crippen LogP contribution in [0, 0.1) is 5.82 Å². The molecule has 2 aromatic carbocycles. The third-order valence-electron chi connectivity index (χ3n) is 3.39. The van der Waals surface area contributed by atoms with E-state index in [1.54, 1.807) is 19.2 Å². The second-order valence-corrected chi connectivity index (χ2v) is 5.50. The van der Waals surface area contributed by atoms with Gasteiger partial charge in [-0.25, -0.2) is 14.0 Å². The number of benzene rings is 2. The topological polar surface area (TPSA) is 95.8 Å². The van der Waals surface area contributed by atoms with Crippen molar-refractivity contribution in [2.75, 3.05) is 7.11 Å². The molecule has 9 heteroatoms. The van der Waals surface area contributed by atoms with E-state index >= 15 is 0 Å². The number of amidine groups is 1. The maximum absolute atomic E-state index is 13.2. The molecule has 0 unspecified atom stereocenters. The fraction of sp³-hybridized carbons (Fsp3) is 0.118. The summed E-state index contributed by atoms with van der Waals surface area (Å²) in [5.74, 6) is 0.601. The number of nitrogens with two attached hydrogens (primary N) is 1. The molecular weight excluding hydrogens is 363 g/mol. The SMILES string of the molecule is COc1ccccc1OCc1nonc1C(N)=Nc1ccc(F)c(Cl)c1. The summed E-state index contributed by atoms with van der Waals surface area (Å²) in [5.41, 5.74) is 6.90. The first kappa shape index (κ1) is 17.7. The zero-order valence-electron chi connectivity index (χ0n) is 13.6. The minimum atomic E-state index is -0.543. The lowest BCUT2D eigenvalue weighted by Crippen LogP contribution is -2.16. The molecule has 0 amide bonds. The molecule has 0 bridgehead atoms. The monoisotopic (exact) mass is 376 g/mol. The van der Waals surface area contributed by atoms with Gasteiger partial charge in [0.25, 0.3) is 0 Å². The van der Waals surface area contributed by atoms with Crippen molar-refractivity contribution in [3.8, 4) is 11.5 Å².